The summed E-state index contributed by atoms with van der Waals surface area (Å²) in [5.41, 5.74) is -1.47. The molecule has 5 nitrogen and oxygen atoms in total. The second-order valence-electron chi connectivity index (χ2n) is 5.42. The number of thioether (sulfide) groups is 1. The Balaban J connectivity index is 1.73. The van der Waals surface area contributed by atoms with Crippen LogP contribution in [0.25, 0.3) is 17.1 Å². The molecule has 0 atom stereocenters. The van der Waals surface area contributed by atoms with Crippen LogP contribution in [0.4, 0.5) is 24.8 Å². The van der Waals surface area contributed by atoms with Crippen molar-refractivity contribution in [2.45, 2.75) is 10.4 Å². The second kappa shape index (κ2) is 7.75. The molecule has 0 fully saturated rings. The minimum atomic E-state index is -4.31. The summed E-state index contributed by atoms with van der Waals surface area (Å²) in [6, 6.07) is 11.3. The van der Waals surface area contributed by atoms with Gasteiger partial charge in [0.15, 0.2) is 0 Å². The van der Waals surface area contributed by atoms with Gasteiger partial charge in [-0.05, 0) is 59.8 Å². The van der Waals surface area contributed by atoms with Crippen LogP contribution in [0, 0.1) is 0 Å². The SMILES string of the molecule is COC(=O)/C=C/c1ccc2nc(Nc3ccc(SC(F)(F)F)cc3)[nH]c2c1. The molecule has 2 N–H and O–H groups in total. The number of alkyl halides is 3. The number of hydrogen-bond donors (Lipinski definition) is 2. The van der Waals surface area contributed by atoms with Crippen LogP contribution in [0.1, 0.15) is 5.56 Å². The molecular weight excluding hydrogens is 379 g/mol. The number of ether oxygens (including phenoxy) is 1. The average Bonchev–Trinajstić information content (AvgIpc) is 3.01. The van der Waals surface area contributed by atoms with Crippen molar-refractivity contribution in [2.24, 2.45) is 0 Å². The van der Waals surface area contributed by atoms with E-state index in [1.165, 1.54) is 25.3 Å². The van der Waals surface area contributed by atoms with E-state index in [2.05, 4.69) is 20.0 Å². The molecule has 9 heteroatoms. The number of nitrogens with one attached hydrogen (secondary N) is 2. The van der Waals surface area contributed by atoms with Gasteiger partial charge in [-0.1, -0.05) is 6.07 Å². The van der Waals surface area contributed by atoms with Gasteiger partial charge in [0, 0.05) is 16.7 Å². The molecule has 3 rings (SSSR count). The Morgan fingerprint density at radius 2 is 1.96 bits per heavy atom. The molecule has 0 amide bonds. The molecule has 3 aromatic rings. The first-order chi connectivity index (χ1) is 12.8. The van der Waals surface area contributed by atoms with E-state index >= 15 is 0 Å². The number of carbonyl (C=O) groups excluding carboxylic acids is 1. The fraction of sp³-hybridized carbons (Fsp3) is 0.111. The van der Waals surface area contributed by atoms with Crippen LogP contribution in [0.5, 0.6) is 0 Å². The number of halogens is 3. The molecular formula is C18H14F3N3O2S. The summed E-state index contributed by atoms with van der Waals surface area (Å²) in [4.78, 5) is 18.7. The Morgan fingerprint density at radius 3 is 2.63 bits per heavy atom. The lowest BCUT2D eigenvalue weighted by atomic mass is 10.2. The van der Waals surface area contributed by atoms with Gasteiger partial charge in [-0.15, -0.1) is 0 Å². The molecule has 27 heavy (non-hydrogen) atoms. The number of hydrogen-bond acceptors (Lipinski definition) is 5. The number of aromatic amines is 1. The van der Waals surface area contributed by atoms with E-state index in [9.17, 15) is 18.0 Å². The normalized spacial score (nSPS) is 11.9. The number of H-pyrrole nitrogens is 1. The molecule has 0 aliphatic carbocycles. The van der Waals surface area contributed by atoms with Gasteiger partial charge in [0.25, 0.3) is 0 Å². The van der Waals surface area contributed by atoms with Gasteiger partial charge in [-0.2, -0.15) is 13.2 Å². The number of esters is 1. The number of aromatic nitrogens is 2. The second-order valence-corrected chi connectivity index (χ2v) is 6.55. The molecule has 1 heterocycles. The molecule has 0 spiro atoms. The van der Waals surface area contributed by atoms with E-state index in [1.807, 2.05) is 6.07 Å². The highest BCUT2D eigenvalue weighted by Gasteiger charge is 2.28. The topological polar surface area (TPSA) is 67.0 Å². The zero-order valence-corrected chi connectivity index (χ0v) is 14.8. The van der Waals surface area contributed by atoms with Gasteiger partial charge in [-0.25, -0.2) is 9.78 Å². The number of nitrogens with zero attached hydrogens (tertiary/aromatic N) is 1. The molecule has 1 aromatic heterocycles. The molecule has 0 aliphatic heterocycles. The summed E-state index contributed by atoms with van der Waals surface area (Å²) < 4.78 is 41.6. The highest BCUT2D eigenvalue weighted by molar-refractivity contribution is 8.00. The summed E-state index contributed by atoms with van der Waals surface area (Å²) in [6.45, 7) is 0. The number of carbonyl (C=O) groups is 1. The van der Waals surface area contributed by atoms with Gasteiger partial charge in [0.05, 0.1) is 18.1 Å². The number of benzene rings is 2. The van der Waals surface area contributed by atoms with Crippen molar-refractivity contribution in [3.05, 3.63) is 54.1 Å². The molecule has 0 unspecified atom stereocenters. The Hall–Kier alpha value is -2.94. The first-order valence-electron chi connectivity index (χ1n) is 7.71. The molecule has 2 aromatic carbocycles. The van der Waals surface area contributed by atoms with Gasteiger partial charge < -0.3 is 15.0 Å². The molecule has 140 valence electrons. The highest BCUT2D eigenvalue weighted by atomic mass is 32.2. The van der Waals surface area contributed by atoms with Gasteiger partial charge in [0.1, 0.15) is 0 Å². The van der Waals surface area contributed by atoms with Crippen molar-refractivity contribution in [2.75, 3.05) is 12.4 Å². The van der Waals surface area contributed by atoms with Crippen LogP contribution < -0.4 is 5.32 Å². The van der Waals surface area contributed by atoms with Gasteiger partial charge in [0.2, 0.25) is 5.95 Å². The van der Waals surface area contributed by atoms with Crippen molar-refractivity contribution in [3.63, 3.8) is 0 Å². The lowest BCUT2D eigenvalue weighted by Crippen LogP contribution is -1.99. The van der Waals surface area contributed by atoms with E-state index in [0.717, 1.165) is 11.1 Å². The molecule has 0 aliphatic rings. The summed E-state index contributed by atoms with van der Waals surface area (Å²) >= 11 is -0.161. The van der Waals surface area contributed by atoms with Crippen molar-refractivity contribution < 1.29 is 22.7 Å². The first kappa shape index (κ1) is 18.8. The predicted octanol–water partition coefficient (Wildman–Crippen LogP) is 5.10. The quantitative estimate of drug-likeness (QED) is 0.358. The van der Waals surface area contributed by atoms with Crippen molar-refractivity contribution >= 4 is 46.5 Å². The summed E-state index contributed by atoms with van der Waals surface area (Å²) in [5.74, 6) is 0.00418. The number of imidazole rings is 1. The van der Waals surface area contributed by atoms with E-state index < -0.39 is 11.5 Å². The van der Waals surface area contributed by atoms with Crippen LogP contribution in [-0.4, -0.2) is 28.6 Å². The maximum Gasteiger partial charge on any atom is 0.446 e. The fourth-order valence-electron chi connectivity index (χ4n) is 2.30. The fourth-order valence-corrected chi connectivity index (χ4v) is 2.84. The lowest BCUT2D eigenvalue weighted by molar-refractivity contribution is -0.134. The van der Waals surface area contributed by atoms with Crippen molar-refractivity contribution in [3.8, 4) is 0 Å². The summed E-state index contributed by atoms with van der Waals surface area (Å²) in [5, 5.41) is 3.01. The van der Waals surface area contributed by atoms with Crippen LogP contribution in [-0.2, 0) is 9.53 Å². The Kier molecular flexibility index (Phi) is 5.41. The lowest BCUT2D eigenvalue weighted by Gasteiger charge is -2.07. The predicted molar refractivity (Wildman–Crippen MR) is 98.8 cm³/mol. The minimum Gasteiger partial charge on any atom is -0.466 e. The third kappa shape index (κ3) is 5.27. The van der Waals surface area contributed by atoms with E-state index in [-0.39, 0.29) is 16.7 Å². The Labute approximate surface area is 156 Å². The van der Waals surface area contributed by atoms with E-state index in [1.54, 1.807) is 30.3 Å². The Morgan fingerprint density at radius 1 is 1.22 bits per heavy atom. The molecule has 0 radical (unpaired) electrons. The maximum atomic E-state index is 12.4. The van der Waals surface area contributed by atoms with E-state index in [4.69, 9.17) is 0 Å². The summed E-state index contributed by atoms with van der Waals surface area (Å²) in [6.07, 6.45) is 2.94. The third-order valence-corrected chi connectivity index (χ3v) is 4.21. The Bertz CT molecular complexity index is 982. The van der Waals surface area contributed by atoms with Crippen molar-refractivity contribution in [1.29, 1.82) is 0 Å². The largest absolute Gasteiger partial charge is 0.466 e. The molecule has 0 bridgehead atoms. The average molecular weight is 393 g/mol. The standard InChI is InChI=1S/C18H14F3N3O2S/c1-26-16(25)9-3-11-2-8-14-15(10-11)24-17(23-14)22-12-4-6-13(7-5-12)27-18(19,20)21/h2-10H,1H3,(H2,22,23,24)/b9-3+. The summed E-state index contributed by atoms with van der Waals surface area (Å²) in [7, 11) is 1.30. The highest BCUT2D eigenvalue weighted by Crippen LogP contribution is 2.37. The number of methoxy groups -OCH3 is 1. The monoisotopic (exact) mass is 393 g/mol. The maximum absolute atomic E-state index is 12.4. The smallest absolute Gasteiger partial charge is 0.446 e. The number of fused-ring (bicyclic) bond motifs is 1. The third-order valence-electron chi connectivity index (χ3n) is 3.47. The zero-order valence-electron chi connectivity index (χ0n) is 14.0. The van der Waals surface area contributed by atoms with E-state index in [0.29, 0.717) is 17.2 Å². The van der Waals surface area contributed by atoms with Gasteiger partial charge >= 0.3 is 11.5 Å². The van der Waals surface area contributed by atoms with Gasteiger partial charge in [-0.3, -0.25) is 0 Å². The minimum absolute atomic E-state index is 0.111. The van der Waals surface area contributed by atoms with Crippen LogP contribution >= 0.6 is 11.8 Å². The molecule has 0 saturated heterocycles. The van der Waals surface area contributed by atoms with Crippen LogP contribution in [0.3, 0.4) is 0 Å². The number of anilines is 2. The van der Waals surface area contributed by atoms with Crippen LogP contribution in [0.2, 0.25) is 0 Å². The van der Waals surface area contributed by atoms with Crippen LogP contribution in [0.15, 0.2) is 53.4 Å². The number of rotatable bonds is 5. The first-order valence-corrected chi connectivity index (χ1v) is 8.53. The van der Waals surface area contributed by atoms with Crippen molar-refractivity contribution in [1.82, 2.24) is 9.97 Å². The molecule has 0 saturated carbocycles. The zero-order chi connectivity index (χ0) is 19.4.